The fraction of sp³-hybridized carbons (Fsp3) is 0.308. The molecule has 0 aliphatic rings. The average molecular weight is 310 g/mol. The highest BCUT2D eigenvalue weighted by molar-refractivity contribution is 7.89. The number of hydrogen-bond donors (Lipinski definition) is 1. The fourth-order valence-electron chi connectivity index (χ4n) is 1.96. The normalized spacial score (nSPS) is 11.8. The summed E-state index contributed by atoms with van der Waals surface area (Å²) in [5, 5.41) is 4.02. The van der Waals surface area contributed by atoms with Gasteiger partial charge in [-0.2, -0.15) is 9.40 Å². The quantitative estimate of drug-likeness (QED) is 0.826. The van der Waals surface area contributed by atoms with Gasteiger partial charge in [-0.3, -0.25) is 4.68 Å². The molecule has 0 spiro atoms. The smallest absolute Gasteiger partial charge is 0.246 e. The van der Waals surface area contributed by atoms with Crippen molar-refractivity contribution in [3.05, 3.63) is 36.2 Å². The molecule has 0 amide bonds. The second-order valence-corrected chi connectivity index (χ2v) is 6.71. The molecular weight excluding hydrogens is 292 g/mol. The standard InChI is InChI=1S/C13H18N4O3S/c1-16-8-10(7-15-16)9-17(2)21(18,19)13-5-4-11(14)6-12(13)20-3/h4-8H,9,14H2,1-3H3. The molecule has 2 rings (SSSR count). The van der Waals surface area contributed by atoms with Crippen LogP contribution in [-0.4, -0.2) is 36.7 Å². The largest absolute Gasteiger partial charge is 0.495 e. The SMILES string of the molecule is COc1cc(N)ccc1S(=O)(=O)N(C)Cc1cnn(C)c1. The van der Waals surface area contributed by atoms with E-state index in [1.54, 1.807) is 24.1 Å². The number of aryl methyl sites for hydroxylation is 1. The molecule has 0 radical (unpaired) electrons. The maximum atomic E-state index is 12.6. The van der Waals surface area contributed by atoms with Gasteiger partial charge in [0.2, 0.25) is 10.0 Å². The van der Waals surface area contributed by atoms with E-state index in [4.69, 9.17) is 10.5 Å². The molecule has 7 nitrogen and oxygen atoms in total. The van der Waals surface area contributed by atoms with E-state index in [-0.39, 0.29) is 17.2 Å². The number of ether oxygens (including phenoxy) is 1. The molecule has 114 valence electrons. The first-order valence-electron chi connectivity index (χ1n) is 6.22. The van der Waals surface area contributed by atoms with E-state index in [1.165, 1.54) is 36.7 Å². The number of rotatable bonds is 5. The van der Waals surface area contributed by atoms with Gasteiger partial charge in [-0.05, 0) is 12.1 Å². The van der Waals surface area contributed by atoms with E-state index >= 15 is 0 Å². The first-order valence-corrected chi connectivity index (χ1v) is 7.66. The van der Waals surface area contributed by atoms with E-state index in [2.05, 4.69) is 5.10 Å². The topological polar surface area (TPSA) is 90.4 Å². The number of aromatic nitrogens is 2. The highest BCUT2D eigenvalue weighted by Crippen LogP contribution is 2.28. The molecule has 21 heavy (non-hydrogen) atoms. The summed E-state index contributed by atoms with van der Waals surface area (Å²) in [6.45, 7) is 0.226. The summed E-state index contributed by atoms with van der Waals surface area (Å²) in [4.78, 5) is 0.0885. The van der Waals surface area contributed by atoms with Crippen molar-refractivity contribution in [3.8, 4) is 5.75 Å². The van der Waals surface area contributed by atoms with Crippen LogP contribution in [0.1, 0.15) is 5.56 Å². The molecule has 0 bridgehead atoms. The Balaban J connectivity index is 2.33. The molecule has 0 atom stereocenters. The molecule has 0 saturated heterocycles. The molecule has 0 aliphatic heterocycles. The average Bonchev–Trinajstić information content (AvgIpc) is 2.83. The van der Waals surface area contributed by atoms with E-state index in [1.807, 2.05) is 0 Å². The maximum Gasteiger partial charge on any atom is 0.246 e. The lowest BCUT2D eigenvalue weighted by Crippen LogP contribution is -2.26. The Bertz CT molecular complexity index is 740. The second-order valence-electron chi connectivity index (χ2n) is 4.69. The number of anilines is 1. The molecular formula is C13H18N4O3S. The molecule has 0 saturated carbocycles. The van der Waals surface area contributed by atoms with Gasteiger partial charge in [-0.25, -0.2) is 8.42 Å². The maximum absolute atomic E-state index is 12.6. The number of methoxy groups -OCH3 is 1. The Hall–Kier alpha value is -2.06. The number of benzene rings is 1. The van der Waals surface area contributed by atoms with Gasteiger partial charge in [-0.15, -0.1) is 0 Å². The third kappa shape index (κ3) is 3.17. The lowest BCUT2D eigenvalue weighted by Gasteiger charge is -2.18. The summed E-state index contributed by atoms with van der Waals surface area (Å²) < 4.78 is 33.2. The van der Waals surface area contributed by atoms with Crippen LogP contribution in [0.25, 0.3) is 0 Å². The van der Waals surface area contributed by atoms with Gasteiger partial charge < -0.3 is 10.5 Å². The monoisotopic (exact) mass is 310 g/mol. The minimum Gasteiger partial charge on any atom is -0.495 e. The van der Waals surface area contributed by atoms with Crippen molar-refractivity contribution < 1.29 is 13.2 Å². The first kappa shape index (κ1) is 15.3. The van der Waals surface area contributed by atoms with Gasteiger partial charge in [0.05, 0.1) is 13.3 Å². The first-order chi connectivity index (χ1) is 9.84. The van der Waals surface area contributed by atoms with Crippen LogP contribution in [0.15, 0.2) is 35.5 Å². The molecule has 1 aromatic carbocycles. The van der Waals surface area contributed by atoms with Gasteiger partial charge >= 0.3 is 0 Å². The Morgan fingerprint density at radius 3 is 2.71 bits per heavy atom. The summed E-state index contributed by atoms with van der Waals surface area (Å²) in [7, 11) is 1.03. The number of nitrogen functional groups attached to an aromatic ring is 1. The summed E-state index contributed by atoms with van der Waals surface area (Å²) in [5.41, 5.74) is 6.90. The van der Waals surface area contributed by atoms with Crippen LogP contribution < -0.4 is 10.5 Å². The Morgan fingerprint density at radius 2 is 2.14 bits per heavy atom. The zero-order valence-electron chi connectivity index (χ0n) is 12.1. The zero-order chi connectivity index (χ0) is 15.6. The van der Waals surface area contributed by atoms with E-state index in [0.29, 0.717) is 5.69 Å². The third-order valence-corrected chi connectivity index (χ3v) is 4.88. The minimum absolute atomic E-state index is 0.0885. The Kier molecular flexibility index (Phi) is 4.19. The van der Waals surface area contributed by atoms with Crippen molar-refractivity contribution in [2.45, 2.75) is 11.4 Å². The van der Waals surface area contributed by atoms with Crippen LogP contribution in [0.5, 0.6) is 5.75 Å². The van der Waals surface area contributed by atoms with E-state index < -0.39 is 10.0 Å². The van der Waals surface area contributed by atoms with E-state index in [0.717, 1.165) is 5.56 Å². The van der Waals surface area contributed by atoms with Crippen LogP contribution in [0, 0.1) is 0 Å². The predicted octanol–water partition coefficient (Wildman–Crippen LogP) is 0.832. The number of hydrogen-bond acceptors (Lipinski definition) is 5. The van der Waals surface area contributed by atoms with Gasteiger partial charge in [0, 0.05) is 44.2 Å². The van der Waals surface area contributed by atoms with Crippen molar-refractivity contribution in [3.63, 3.8) is 0 Å². The number of sulfonamides is 1. The second kappa shape index (κ2) is 5.74. The predicted molar refractivity (Wildman–Crippen MR) is 79.3 cm³/mol. The van der Waals surface area contributed by atoms with Crippen LogP contribution >= 0.6 is 0 Å². The van der Waals surface area contributed by atoms with Gasteiger partial charge in [-0.1, -0.05) is 0 Å². The molecule has 1 aromatic heterocycles. The van der Waals surface area contributed by atoms with Crippen LogP contribution in [0.3, 0.4) is 0 Å². The highest BCUT2D eigenvalue weighted by atomic mass is 32.2. The molecule has 0 fully saturated rings. The van der Waals surface area contributed by atoms with Crippen molar-refractivity contribution in [1.82, 2.24) is 14.1 Å². The molecule has 1 heterocycles. The Labute approximate surface area is 124 Å². The van der Waals surface area contributed by atoms with Crippen LogP contribution in [0.2, 0.25) is 0 Å². The third-order valence-electron chi connectivity index (χ3n) is 3.04. The van der Waals surface area contributed by atoms with Crippen LogP contribution in [0.4, 0.5) is 5.69 Å². The zero-order valence-corrected chi connectivity index (χ0v) is 13.0. The van der Waals surface area contributed by atoms with Crippen molar-refractivity contribution >= 4 is 15.7 Å². The summed E-state index contributed by atoms with van der Waals surface area (Å²) in [5.74, 6) is 0.230. The Morgan fingerprint density at radius 1 is 1.43 bits per heavy atom. The van der Waals surface area contributed by atoms with Crippen molar-refractivity contribution in [1.29, 1.82) is 0 Å². The lowest BCUT2D eigenvalue weighted by atomic mass is 10.3. The van der Waals surface area contributed by atoms with Crippen molar-refractivity contribution in [2.24, 2.45) is 7.05 Å². The highest BCUT2D eigenvalue weighted by Gasteiger charge is 2.25. The van der Waals surface area contributed by atoms with Gasteiger partial charge in [0.25, 0.3) is 0 Å². The summed E-state index contributed by atoms with van der Waals surface area (Å²) >= 11 is 0. The molecule has 2 aromatic rings. The van der Waals surface area contributed by atoms with Crippen molar-refractivity contribution in [2.75, 3.05) is 19.9 Å². The summed E-state index contributed by atoms with van der Waals surface area (Å²) in [6, 6.07) is 4.47. The fourth-order valence-corrected chi connectivity index (χ4v) is 3.25. The molecule has 8 heteroatoms. The molecule has 0 unspecified atom stereocenters. The van der Waals surface area contributed by atoms with E-state index in [9.17, 15) is 8.42 Å². The van der Waals surface area contributed by atoms with Gasteiger partial charge in [0.15, 0.2) is 0 Å². The lowest BCUT2D eigenvalue weighted by molar-refractivity contribution is 0.398. The number of nitrogens with zero attached hydrogens (tertiary/aromatic N) is 3. The minimum atomic E-state index is -3.67. The molecule has 0 aliphatic carbocycles. The van der Waals surface area contributed by atoms with Crippen LogP contribution in [-0.2, 0) is 23.6 Å². The molecule has 2 N–H and O–H groups in total. The summed E-state index contributed by atoms with van der Waals surface area (Å²) in [6.07, 6.45) is 3.40. The number of nitrogens with two attached hydrogens (primary N) is 1. The van der Waals surface area contributed by atoms with Gasteiger partial charge in [0.1, 0.15) is 10.6 Å².